The molecule has 2 aliphatic rings. The standard InChI is InChI=1S/C25H33N5O6/c1-3-36-24-19(6-7-22(28-24)29-8-10-30(11-9-29)25(34)35-2)23(33)27-15-21(32)20-13-16-4-5-18(31)12-17(16)14-26-20/h4-7,12,20-21,26,31-32H,3,8-11,13-15H2,1-2H3,(H,27,33)/t20-,21?/m0/s1. The summed E-state index contributed by atoms with van der Waals surface area (Å²) >= 11 is 0. The molecule has 11 nitrogen and oxygen atoms in total. The van der Waals surface area contributed by atoms with E-state index >= 15 is 0 Å². The summed E-state index contributed by atoms with van der Waals surface area (Å²) in [7, 11) is 1.37. The van der Waals surface area contributed by atoms with Crippen molar-refractivity contribution in [3.05, 3.63) is 47.0 Å². The smallest absolute Gasteiger partial charge is 0.409 e. The van der Waals surface area contributed by atoms with Crippen molar-refractivity contribution in [2.24, 2.45) is 0 Å². The number of methoxy groups -OCH3 is 1. The second-order valence-corrected chi connectivity index (χ2v) is 8.82. The highest BCUT2D eigenvalue weighted by Gasteiger charge is 2.27. The monoisotopic (exact) mass is 499 g/mol. The number of piperazine rings is 1. The van der Waals surface area contributed by atoms with Gasteiger partial charge in [-0.05, 0) is 48.7 Å². The molecule has 4 N–H and O–H groups in total. The Kier molecular flexibility index (Phi) is 8.11. The molecule has 0 saturated carbocycles. The molecule has 1 aromatic carbocycles. The van der Waals surface area contributed by atoms with Crippen molar-refractivity contribution in [2.45, 2.75) is 32.0 Å². The van der Waals surface area contributed by atoms with Gasteiger partial charge in [0.2, 0.25) is 5.88 Å². The number of hydrogen-bond donors (Lipinski definition) is 4. The lowest BCUT2D eigenvalue weighted by atomic mass is 9.92. The molecule has 2 amide bonds. The van der Waals surface area contributed by atoms with E-state index in [4.69, 9.17) is 9.47 Å². The van der Waals surface area contributed by atoms with Crippen LogP contribution in [0, 0.1) is 0 Å². The highest BCUT2D eigenvalue weighted by atomic mass is 16.5. The minimum Gasteiger partial charge on any atom is -0.508 e. The lowest BCUT2D eigenvalue weighted by Crippen LogP contribution is -2.49. The summed E-state index contributed by atoms with van der Waals surface area (Å²) in [6, 6.07) is 8.43. The fraction of sp³-hybridized carbons (Fsp3) is 0.480. The number of nitrogens with zero attached hydrogens (tertiary/aromatic N) is 3. The Morgan fingerprint density at radius 2 is 1.97 bits per heavy atom. The topological polar surface area (TPSA) is 136 Å². The van der Waals surface area contributed by atoms with E-state index in [0.717, 1.165) is 11.1 Å². The fourth-order valence-electron chi connectivity index (χ4n) is 4.51. The highest BCUT2D eigenvalue weighted by molar-refractivity contribution is 5.96. The van der Waals surface area contributed by atoms with Crippen molar-refractivity contribution in [1.82, 2.24) is 20.5 Å². The number of rotatable bonds is 7. The summed E-state index contributed by atoms with van der Waals surface area (Å²) in [6.07, 6.45) is -0.556. The summed E-state index contributed by atoms with van der Waals surface area (Å²) in [5.41, 5.74) is 2.35. The van der Waals surface area contributed by atoms with Gasteiger partial charge in [0, 0.05) is 45.3 Å². The second kappa shape index (κ2) is 11.4. The number of phenols is 1. The molecule has 1 unspecified atom stereocenters. The molecular weight excluding hydrogens is 466 g/mol. The SMILES string of the molecule is CCOc1nc(N2CCN(C(=O)OC)CC2)ccc1C(=O)NCC(O)[C@@H]1Cc2ccc(O)cc2CN1. The number of aliphatic hydroxyl groups is 1. The molecule has 1 saturated heterocycles. The molecule has 0 radical (unpaired) electrons. The van der Waals surface area contributed by atoms with Gasteiger partial charge in [-0.1, -0.05) is 6.07 Å². The molecule has 11 heteroatoms. The maximum Gasteiger partial charge on any atom is 0.409 e. The molecule has 36 heavy (non-hydrogen) atoms. The van der Waals surface area contributed by atoms with E-state index in [0.29, 0.717) is 57.1 Å². The quantitative estimate of drug-likeness (QED) is 0.438. The zero-order valence-electron chi connectivity index (χ0n) is 20.6. The normalized spacial score (nSPS) is 18.2. The summed E-state index contributed by atoms with van der Waals surface area (Å²) in [4.78, 5) is 32.9. The van der Waals surface area contributed by atoms with E-state index in [1.807, 2.05) is 17.9 Å². The number of fused-ring (bicyclic) bond motifs is 1. The van der Waals surface area contributed by atoms with Crippen LogP contribution >= 0.6 is 0 Å². The van der Waals surface area contributed by atoms with Crippen molar-refractivity contribution in [2.75, 3.05) is 51.3 Å². The summed E-state index contributed by atoms with van der Waals surface area (Å²) in [5, 5.41) is 26.4. The largest absolute Gasteiger partial charge is 0.508 e. The maximum atomic E-state index is 12.9. The average molecular weight is 500 g/mol. The van der Waals surface area contributed by atoms with Crippen LogP contribution in [0.5, 0.6) is 11.6 Å². The minimum absolute atomic E-state index is 0.0622. The first-order valence-electron chi connectivity index (χ1n) is 12.1. The van der Waals surface area contributed by atoms with E-state index < -0.39 is 6.10 Å². The third-order valence-corrected chi connectivity index (χ3v) is 6.53. The van der Waals surface area contributed by atoms with Crippen molar-refractivity contribution in [3.8, 4) is 11.6 Å². The van der Waals surface area contributed by atoms with Crippen LogP contribution in [0.3, 0.4) is 0 Å². The Hall–Kier alpha value is -3.57. The number of nitrogens with one attached hydrogen (secondary N) is 2. The molecule has 0 bridgehead atoms. The summed E-state index contributed by atoms with van der Waals surface area (Å²) in [6.45, 7) is 4.96. The number of ether oxygens (including phenoxy) is 2. The number of aromatic hydroxyl groups is 1. The molecular formula is C25H33N5O6. The van der Waals surface area contributed by atoms with E-state index in [2.05, 4.69) is 15.6 Å². The lowest BCUT2D eigenvalue weighted by Gasteiger charge is -2.34. The first kappa shape index (κ1) is 25.5. The number of pyridine rings is 1. The number of carbonyl (C=O) groups excluding carboxylic acids is 2. The Morgan fingerprint density at radius 3 is 2.69 bits per heavy atom. The van der Waals surface area contributed by atoms with E-state index in [9.17, 15) is 19.8 Å². The molecule has 3 heterocycles. The van der Waals surface area contributed by atoms with Crippen molar-refractivity contribution >= 4 is 17.8 Å². The molecule has 1 fully saturated rings. The van der Waals surface area contributed by atoms with Gasteiger partial charge in [0.1, 0.15) is 17.1 Å². The molecule has 0 spiro atoms. The van der Waals surface area contributed by atoms with Crippen LogP contribution < -0.4 is 20.3 Å². The van der Waals surface area contributed by atoms with E-state index in [-0.39, 0.29) is 36.2 Å². The second-order valence-electron chi connectivity index (χ2n) is 8.82. The molecule has 2 atom stereocenters. The van der Waals surface area contributed by atoms with E-state index in [1.54, 1.807) is 29.2 Å². The maximum absolute atomic E-state index is 12.9. The summed E-state index contributed by atoms with van der Waals surface area (Å²) < 4.78 is 10.4. The van der Waals surface area contributed by atoms with Crippen molar-refractivity contribution in [1.29, 1.82) is 0 Å². The predicted octanol–water partition coefficient (Wildman–Crippen LogP) is 0.880. The third-order valence-electron chi connectivity index (χ3n) is 6.53. The van der Waals surface area contributed by atoms with E-state index in [1.165, 1.54) is 7.11 Å². The Morgan fingerprint density at radius 1 is 1.19 bits per heavy atom. The Balaban J connectivity index is 1.36. The predicted molar refractivity (Wildman–Crippen MR) is 132 cm³/mol. The number of anilines is 1. The van der Waals surface area contributed by atoms with Crippen LogP contribution in [0.4, 0.5) is 10.6 Å². The average Bonchev–Trinajstić information content (AvgIpc) is 2.91. The van der Waals surface area contributed by atoms with Crippen LogP contribution in [0.2, 0.25) is 0 Å². The van der Waals surface area contributed by atoms with Gasteiger partial charge in [-0.25, -0.2) is 4.79 Å². The van der Waals surface area contributed by atoms with Gasteiger partial charge in [-0.3, -0.25) is 4.79 Å². The van der Waals surface area contributed by atoms with Crippen LogP contribution in [0.25, 0.3) is 0 Å². The number of amides is 2. The number of aromatic nitrogens is 1. The number of hydrogen-bond acceptors (Lipinski definition) is 9. The molecule has 4 rings (SSSR count). The van der Waals surface area contributed by atoms with Crippen molar-refractivity contribution in [3.63, 3.8) is 0 Å². The fourth-order valence-corrected chi connectivity index (χ4v) is 4.51. The first-order valence-corrected chi connectivity index (χ1v) is 12.1. The van der Waals surface area contributed by atoms with Gasteiger partial charge in [-0.2, -0.15) is 4.98 Å². The van der Waals surface area contributed by atoms with Gasteiger partial charge in [0.25, 0.3) is 5.91 Å². The van der Waals surface area contributed by atoms with Gasteiger partial charge >= 0.3 is 6.09 Å². The molecule has 194 valence electrons. The highest BCUT2D eigenvalue weighted by Crippen LogP contribution is 2.24. The number of phenolic OH excluding ortho intramolecular Hbond substituents is 1. The van der Waals surface area contributed by atoms with Gasteiger partial charge in [0.05, 0.1) is 19.8 Å². The zero-order valence-corrected chi connectivity index (χ0v) is 20.6. The first-order chi connectivity index (χ1) is 17.4. The van der Waals surface area contributed by atoms with Gasteiger partial charge in [0.15, 0.2) is 0 Å². The van der Waals surface area contributed by atoms with Crippen molar-refractivity contribution < 1.29 is 29.3 Å². The Bertz CT molecular complexity index is 1090. The number of aliphatic hydroxyl groups excluding tert-OH is 1. The Labute approximate surface area is 210 Å². The van der Waals surface area contributed by atoms with Gasteiger partial charge in [-0.15, -0.1) is 0 Å². The zero-order chi connectivity index (χ0) is 25.7. The number of carbonyl (C=O) groups is 2. The van der Waals surface area contributed by atoms with Gasteiger partial charge < -0.3 is 40.1 Å². The molecule has 1 aromatic heterocycles. The van der Waals surface area contributed by atoms with Crippen LogP contribution in [-0.2, 0) is 17.7 Å². The number of benzene rings is 1. The van der Waals surface area contributed by atoms with Crippen LogP contribution in [0.15, 0.2) is 30.3 Å². The molecule has 2 aromatic rings. The summed E-state index contributed by atoms with van der Waals surface area (Å²) in [5.74, 6) is 0.723. The lowest BCUT2D eigenvalue weighted by molar-refractivity contribution is 0.0865. The van der Waals surface area contributed by atoms with Crippen LogP contribution in [0.1, 0.15) is 28.4 Å². The minimum atomic E-state index is -0.801. The third kappa shape index (κ3) is 5.80. The molecule has 2 aliphatic heterocycles. The molecule has 0 aliphatic carbocycles. The van der Waals surface area contributed by atoms with Crippen LogP contribution in [-0.4, -0.2) is 90.7 Å².